The number of hydrogen-bond acceptors (Lipinski definition) is 4. The highest BCUT2D eigenvalue weighted by Crippen LogP contribution is 2.34. The smallest absolute Gasteiger partial charge is 0.441 e. The van der Waals surface area contributed by atoms with E-state index >= 15 is 0 Å². The molecule has 0 aliphatic heterocycles. The molecule has 0 saturated carbocycles. The van der Waals surface area contributed by atoms with Crippen LogP contribution in [0.4, 0.5) is 18.9 Å². The third kappa shape index (κ3) is 5.45. The molecule has 0 radical (unpaired) electrons. The van der Waals surface area contributed by atoms with Gasteiger partial charge < -0.3 is 10.5 Å². The number of alkyl halides is 3. The summed E-state index contributed by atoms with van der Waals surface area (Å²) in [6.07, 6.45) is 0. The zero-order valence-corrected chi connectivity index (χ0v) is 10.7. The summed E-state index contributed by atoms with van der Waals surface area (Å²) in [5, 5.41) is 0. The lowest BCUT2D eigenvalue weighted by Gasteiger charge is -2.09. The predicted octanol–water partition coefficient (Wildman–Crippen LogP) is 3.62. The van der Waals surface area contributed by atoms with Gasteiger partial charge in [-0.05, 0) is 12.1 Å². The van der Waals surface area contributed by atoms with Crippen LogP contribution in [0.2, 0.25) is 0 Å². The maximum Gasteiger partial charge on any atom is 0.441 e. The number of methoxy groups -OCH3 is 1. The summed E-state index contributed by atoms with van der Waals surface area (Å²) in [4.78, 5) is 0.796. The minimum absolute atomic E-state index is 0.0156. The van der Waals surface area contributed by atoms with Crippen LogP contribution in [-0.4, -0.2) is 24.1 Å². The zero-order valence-electron chi connectivity index (χ0n) is 9.08. The molecule has 0 fully saturated rings. The Kier molecular flexibility index (Phi) is 5.32. The van der Waals surface area contributed by atoms with Crippen LogP contribution in [0.3, 0.4) is 0 Å². The van der Waals surface area contributed by atoms with E-state index in [-0.39, 0.29) is 17.5 Å². The summed E-state index contributed by atoms with van der Waals surface area (Å²) in [5.74, 6) is 0.971. The van der Waals surface area contributed by atoms with E-state index in [9.17, 15) is 13.2 Å². The van der Waals surface area contributed by atoms with Crippen molar-refractivity contribution in [3.8, 4) is 5.75 Å². The summed E-state index contributed by atoms with van der Waals surface area (Å²) in [6, 6.07) is 5.10. The highest BCUT2D eigenvalue weighted by atomic mass is 32.2. The molecule has 2 nitrogen and oxygen atoms in total. The monoisotopic (exact) mass is 283 g/mol. The Balaban J connectivity index is 2.46. The van der Waals surface area contributed by atoms with E-state index in [2.05, 4.69) is 0 Å². The standard InChI is InChI=1S/C10H12F3NOS2/c1-15-8-6-7(14)2-3-9(8)16-4-5-17-10(11,12)13/h2-3,6H,4-5,14H2,1H3. The van der Waals surface area contributed by atoms with Gasteiger partial charge in [0.2, 0.25) is 0 Å². The topological polar surface area (TPSA) is 35.2 Å². The molecule has 0 aromatic heterocycles. The maximum absolute atomic E-state index is 11.9. The van der Waals surface area contributed by atoms with Gasteiger partial charge in [-0.25, -0.2) is 0 Å². The van der Waals surface area contributed by atoms with E-state index < -0.39 is 5.51 Å². The fourth-order valence-electron chi connectivity index (χ4n) is 1.11. The number of anilines is 1. The molecule has 0 unspecified atom stereocenters. The van der Waals surface area contributed by atoms with Crippen LogP contribution in [0.25, 0.3) is 0 Å². The number of thioether (sulfide) groups is 2. The van der Waals surface area contributed by atoms with Crippen molar-refractivity contribution in [2.45, 2.75) is 10.4 Å². The largest absolute Gasteiger partial charge is 0.496 e. The van der Waals surface area contributed by atoms with E-state index in [1.165, 1.54) is 18.9 Å². The van der Waals surface area contributed by atoms with Crippen molar-refractivity contribution in [1.29, 1.82) is 0 Å². The van der Waals surface area contributed by atoms with Crippen molar-refractivity contribution >= 4 is 29.2 Å². The Labute approximate surface area is 106 Å². The number of hydrogen-bond donors (Lipinski definition) is 1. The molecule has 2 N–H and O–H groups in total. The Bertz CT molecular complexity index is 371. The Hall–Kier alpha value is -0.690. The fraction of sp³-hybridized carbons (Fsp3) is 0.400. The molecule has 0 aliphatic carbocycles. The number of nitrogens with two attached hydrogens (primary N) is 1. The van der Waals surface area contributed by atoms with Gasteiger partial charge in [0.15, 0.2) is 0 Å². The second-order valence-corrected chi connectivity index (χ2v) is 5.35. The lowest BCUT2D eigenvalue weighted by atomic mass is 10.3. The number of ether oxygens (including phenoxy) is 1. The molecule has 1 rings (SSSR count). The predicted molar refractivity (Wildman–Crippen MR) is 66.6 cm³/mol. The number of benzene rings is 1. The van der Waals surface area contributed by atoms with Crippen LogP contribution in [0.1, 0.15) is 0 Å². The van der Waals surface area contributed by atoms with Crippen molar-refractivity contribution in [3.05, 3.63) is 18.2 Å². The molecule has 17 heavy (non-hydrogen) atoms. The van der Waals surface area contributed by atoms with Crippen molar-refractivity contribution in [2.75, 3.05) is 24.3 Å². The molecular weight excluding hydrogens is 271 g/mol. The number of nitrogen functional groups attached to an aromatic ring is 1. The van der Waals surface area contributed by atoms with E-state index in [1.54, 1.807) is 18.2 Å². The van der Waals surface area contributed by atoms with Gasteiger partial charge in [0.05, 0.1) is 7.11 Å². The van der Waals surface area contributed by atoms with E-state index in [1.807, 2.05) is 0 Å². The highest BCUT2D eigenvalue weighted by molar-refractivity contribution is 8.03. The van der Waals surface area contributed by atoms with Crippen LogP contribution in [0.15, 0.2) is 23.1 Å². The lowest BCUT2D eigenvalue weighted by molar-refractivity contribution is -0.0326. The summed E-state index contributed by atoms with van der Waals surface area (Å²) >= 11 is 1.30. The van der Waals surface area contributed by atoms with Gasteiger partial charge in [-0.15, -0.1) is 11.8 Å². The molecule has 0 amide bonds. The average Bonchev–Trinajstić information content (AvgIpc) is 2.24. The van der Waals surface area contributed by atoms with E-state index in [0.717, 1.165) is 4.90 Å². The zero-order chi connectivity index (χ0) is 12.9. The molecule has 0 aliphatic rings. The SMILES string of the molecule is COc1cc(N)ccc1SCCSC(F)(F)F. The van der Waals surface area contributed by atoms with Gasteiger partial charge >= 0.3 is 5.51 Å². The second kappa shape index (κ2) is 6.30. The van der Waals surface area contributed by atoms with Crippen molar-refractivity contribution in [2.24, 2.45) is 0 Å². The first kappa shape index (κ1) is 14.4. The van der Waals surface area contributed by atoms with E-state index in [0.29, 0.717) is 17.2 Å². The van der Waals surface area contributed by atoms with Crippen LogP contribution in [0.5, 0.6) is 5.75 Å². The first-order chi connectivity index (χ1) is 7.92. The maximum atomic E-state index is 11.9. The van der Waals surface area contributed by atoms with Crippen LogP contribution >= 0.6 is 23.5 Å². The second-order valence-electron chi connectivity index (χ2n) is 3.05. The van der Waals surface area contributed by atoms with Crippen LogP contribution in [0, 0.1) is 0 Å². The van der Waals surface area contributed by atoms with Gasteiger partial charge in [0, 0.05) is 28.2 Å². The minimum atomic E-state index is -4.16. The van der Waals surface area contributed by atoms with Gasteiger partial charge in [0.1, 0.15) is 5.75 Å². The van der Waals surface area contributed by atoms with Crippen molar-refractivity contribution < 1.29 is 17.9 Å². The molecule has 0 spiro atoms. The van der Waals surface area contributed by atoms with Crippen LogP contribution < -0.4 is 10.5 Å². The highest BCUT2D eigenvalue weighted by Gasteiger charge is 2.27. The van der Waals surface area contributed by atoms with Crippen LogP contribution in [-0.2, 0) is 0 Å². The first-order valence-electron chi connectivity index (χ1n) is 4.69. The summed E-state index contributed by atoms with van der Waals surface area (Å²) < 4.78 is 40.8. The first-order valence-corrected chi connectivity index (χ1v) is 6.66. The molecule has 0 atom stereocenters. The van der Waals surface area contributed by atoms with Crippen molar-refractivity contribution in [1.82, 2.24) is 0 Å². The molecule has 7 heteroatoms. The summed E-state index contributed by atoms with van der Waals surface area (Å²) in [5.41, 5.74) is 1.98. The van der Waals surface area contributed by atoms with Gasteiger partial charge in [-0.3, -0.25) is 0 Å². The minimum Gasteiger partial charge on any atom is -0.496 e. The summed E-state index contributed by atoms with van der Waals surface area (Å²) in [7, 11) is 1.50. The summed E-state index contributed by atoms with van der Waals surface area (Å²) in [6.45, 7) is 0. The molecule has 96 valence electrons. The Morgan fingerprint density at radius 2 is 2.00 bits per heavy atom. The average molecular weight is 283 g/mol. The van der Waals surface area contributed by atoms with E-state index in [4.69, 9.17) is 10.5 Å². The molecule has 0 bridgehead atoms. The third-order valence-corrected chi connectivity index (χ3v) is 3.84. The normalized spacial score (nSPS) is 11.5. The fourth-order valence-corrected chi connectivity index (χ4v) is 2.68. The number of rotatable bonds is 5. The number of halogens is 3. The van der Waals surface area contributed by atoms with Gasteiger partial charge in [-0.2, -0.15) is 13.2 Å². The van der Waals surface area contributed by atoms with Crippen molar-refractivity contribution in [3.63, 3.8) is 0 Å². The third-order valence-electron chi connectivity index (χ3n) is 1.79. The van der Waals surface area contributed by atoms with Gasteiger partial charge in [-0.1, -0.05) is 11.8 Å². The molecule has 1 aromatic rings. The molecule has 1 aromatic carbocycles. The molecule has 0 heterocycles. The quantitative estimate of drug-likeness (QED) is 0.508. The Morgan fingerprint density at radius 1 is 1.29 bits per heavy atom. The Morgan fingerprint density at radius 3 is 2.59 bits per heavy atom. The lowest BCUT2D eigenvalue weighted by Crippen LogP contribution is -2.02. The van der Waals surface area contributed by atoms with Gasteiger partial charge in [0.25, 0.3) is 0 Å². The molecule has 0 saturated heterocycles. The molecular formula is C10H12F3NOS2.